The fourth-order valence-corrected chi connectivity index (χ4v) is 3.51. The van der Waals surface area contributed by atoms with E-state index in [0.717, 1.165) is 17.7 Å². The number of aromatic nitrogens is 1. The van der Waals surface area contributed by atoms with Crippen molar-refractivity contribution in [2.24, 2.45) is 0 Å². The number of rotatable bonds is 5. The van der Waals surface area contributed by atoms with Crippen molar-refractivity contribution in [1.29, 1.82) is 0 Å². The van der Waals surface area contributed by atoms with Crippen LogP contribution in [0.15, 0.2) is 71.8 Å². The number of anilines is 1. The first-order valence-corrected chi connectivity index (χ1v) is 9.14. The molecule has 2 aromatic carbocycles. The molecule has 1 N–H and O–H groups in total. The smallest absolute Gasteiger partial charge is 0.269 e. The van der Waals surface area contributed by atoms with E-state index in [1.165, 1.54) is 12.1 Å². The first-order valence-electron chi connectivity index (χ1n) is 7.66. The number of para-hydroxylation sites is 1. The third-order valence-electron chi connectivity index (χ3n) is 3.72. The molecule has 0 aliphatic rings. The molecule has 26 heavy (non-hydrogen) atoms. The number of nitrogens with zero attached hydrogens (tertiary/aromatic N) is 2. The van der Waals surface area contributed by atoms with Gasteiger partial charge in [0, 0.05) is 23.9 Å². The summed E-state index contributed by atoms with van der Waals surface area (Å²) < 4.78 is 27.8. The molecule has 0 radical (unpaired) electrons. The second-order valence-corrected chi connectivity index (χ2v) is 7.30. The maximum absolute atomic E-state index is 12.6. The van der Waals surface area contributed by atoms with Crippen LogP contribution in [-0.2, 0) is 10.0 Å². The summed E-state index contributed by atoms with van der Waals surface area (Å²) in [6, 6.07) is 15.4. The second-order valence-electron chi connectivity index (χ2n) is 5.62. The summed E-state index contributed by atoms with van der Waals surface area (Å²) >= 11 is 0. The van der Waals surface area contributed by atoms with Gasteiger partial charge in [-0.3, -0.25) is 19.8 Å². The minimum Gasteiger partial charge on any atom is -0.279 e. The summed E-state index contributed by atoms with van der Waals surface area (Å²) in [6.07, 6.45) is 1.66. The normalized spacial score (nSPS) is 11.1. The van der Waals surface area contributed by atoms with Gasteiger partial charge in [0.05, 0.1) is 21.2 Å². The van der Waals surface area contributed by atoms with Gasteiger partial charge in [-0.1, -0.05) is 18.2 Å². The molecule has 0 aliphatic heterocycles. The SMILES string of the molecule is Cc1ccnc(-c2ccccc2NS(=O)(=O)c2ccc([N+](=O)[O-])cc2)c1. The number of benzene rings is 2. The molecule has 0 aliphatic carbocycles. The molecule has 132 valence electrons. The van der Waals surface area contributed by atoms with E-state index in [9.17, 15) is 18.5 Å². The van der Waals surface area contributed by atoms with Gasteiger partial charge in [0.15, 0.2) is 0 Å². The van der Waals surface area contributed by atoms with E-state index in [1.54, 1.807) is 30.5 Å². The standard InChI is InChI=1S/C18H15N3O4S/c1-13-10-11-19-18(12-13)16-4-2-3-5-17(16)20-26(24,25)15-8-6-14(7-9-15)21(22)23/h2-12,20H,1H3. The zero-order valence-electron chi connectivity index (χ0n) is 13.8. The lowest BCUT2D eigenvalue weighted by Crippen LogP contribution is -2.13. The highest BCUT2D eigenvalue weighted by Gasteiger charge is 2.18. The number of nitrogens with one attached hydrogen (secondary N) is 1. The molecule has 1 aromatic heterocycles. The van der Waals surface area contributed by atoms with Crippen LogP contribution in [0, 0.1) is 17.0 Å². The fourth-order valence-electron chi connectivity index (χ4n) is 2.43. The Balaban J connectivity index is 1.97. The van der Waals surface area contributed by atoms with Crippen LogP contribution in [0.3, 0.4) is 0 Å². The van der Waals surface area contributed by atoms with Gasteiger partial charge >= 0.3 is 0 Å². The van der Waals surface area contributed by atoms with E-state index < -0.39 is 14.9 Å². The number of aryl methyl sites for hydroxylation is 1. The maximum atomic E-state index is 12.6. The molecule has 0 atom stereocenters. The van der Waals surface area contributed by atoms with Crippen molar-refractivity contribution in [3.63, 3.8) is 0 Å². The highest BCUT2D eigenvalue weighted by molar-refractivity contribution is 7.92. The molecule has 0 bridgehead atoms. The van der Waals surface area contributed by atoms with E-state index in [0.29, 0.717) is 16.9 Å². The maximum Gasteiger partial charge on any atom is 0.269 e. The van der Waals surface area contributed by atoms with Crippen LogP contribution >= 0.6 is 0 Å². The molecular weight excluding hydrogens is 354 g/mol. The Labute approximate surface area is 150 Å². The van der Waals surface area contributed by atoms with Gasteiger partial charge < -0.3 is 0 Å². The van der Waals surface area contributed by atoms with Crippen LogP contribution in [0.4, 0.5) is 11.4 Å². The Bertz CT molecular complexity index is 1060. The van der Waals surface area contributed by atoms with Crippen LogP contribution in [0.2, 0.25) is 0 Å². The Morgan fingerprint density at radius 1 is 1.04 bits per heavy atom. The topological polar surface area (TPSA) is 102 Å². The molecule has 0 amide bonds. The number of hydrogen-bond donors (Lipinski definition) is 1. The van der Waals surface area contributed by atoms with Crippen molar-refractivity contribution in [2.75, 3.05) is 4.72 Å². The van der Waals surface area contributed by atoms with Crippen molar-refractivity contribution in [1.82, 2.24) is 4.98 Å². The van der Waals surface area contributed by atoms with E-state index in [1.807, 2.05) is 19.1 Å². The summed E-state index contributed by atoms with van der Waals surface area (Å²) in [5.74, 6) is 0. The molecular formula is C18H15N3O4S. The molecule has 3 rings (SSSR count). The third-order valence-corrected chi connectivity index (χ3v) is 5.10. The van der Waals surface area contributed by atoms with E-state index in [2.05, 4.69) is 9.71 Å². The van der Waals surface area contributed by atoms with E-state index in [4.69, 9.17) is 0 Å². The molecule has 0 unspecified atom stereocenters. The highest BCUT2D eigenvalue weighted by atomic mass is 32.2. The van der Waals surface area contributed by atoms with Crippen molar-refractivity contribution in [3.05, 3.63) is 82.5 Å². The minimum atomic E-state index is -3.90. The van der Waals surface area contributed by atoms with Gasteiger partial charge in [-0.05, 0) is 42.8 Å². The lowest BCUT2D eigenvalue weighted by molar-refractivity contribution is -0.384. The predicted molar refractivity (Wildman–Crippen MR) is 98.3 cm³/mol. The van der Waals surface area contributed by atoms with Crippen molar-refractivity contribution < 1.29 is 13.3 Å². The van der Waals surface area contributed by atoms with E-state index in [-0.39, 0.29) is 10.6 Å². The molecule has 3 aromatic rings. The average Bonchev–Trinajstić information content (AvgIpc) is 2.62. The van der Waals surface area contributed by atoms with Crippen LogP contribution in [-0.4, -0.2) is 18.3 Å². The predicted octanol–water partition coefficient (Wildman–Crippen LogP) is 3.77. The molecule has 0 fully saturated rings. The first kappa shape index (κ1) is 17.6. The molecule has 1 heterocycles. The third kappa shape index (κ3) is 3.70. The van der Waals surface area contributed by atoms with Crippen LogP contribution < -0.4 is 4.72 Å². The number of sulfonamides is 1. The minimum absolute atomic E-state index is 0.0601. The summed E-state index contributed by atoms with van der Waals surface area (Å²) in [5.41, 5.74) is 2.49. The summed E-state index contributed by atoms with van der Waals surface area (Å²) in [7, 11) is -3.90. The Morgan fingerprint density at radius 3 is 2.38 bits per heavy atom. The Morgan fingerprint density at radius 2 is 1.73 bits per heavy atom. The number of nitro benzene ring substituents is 1. The average molecular weight is 369 g/mol. The largest absolute Gasteiger partial charge is 0.279 e. The van der Waals surface area contributed by atoms with Crippen molar-refractivity contribution in [2.45, 2.75) is 11.8 Å². The molecule has 8 heteroatoms. The zero-order valence-corrected chi connectivity index (χ0v) is 14.6. The van der Waals surface area contributed by atoms with Crippen LogP contribution in [0.5, 0.6) is 0 Å². The second kappa shape index (κ2) is 6.93. The van der Waals surface area contributed by atoms with Gasteiger partial charge in [-0.15, -0.1) is 0 Å². The van der Waals surface area contributed by atoms with Crippen LogP contribution in [0.1, 0.15) is 5.56 Å². The number of hydrogen-bond acceptors (Lipinski definition) is 5. The number of nitro groups is 1. The van der Waals surface area contributed by atoms with Gasteiger partial charge in [-0.25, -0.2) is 8.42 Å². The summed E-state index contributed by atoms with van der Waals surface area (Å²) in [6.45, 7) is 1.93. The summed E-state index contributed by atoms with van der Waals surface area (Å²) in [4.78, 5) is 14.4. The van der Waals surface area contributed by atoms with Gasteiger partial charge in [0.25, 0.3) is 15.7 Å². The van der Waals surface area contributed by atoms with Crippen LogP contribution in [0.25, 0.3) is 11.3 Å². The highest BCUT2D eigenvalue weighted by Crippen LogP contribution is 2.29. The number of pyridine rings is 1. The van der Waals surface area contributed by atoms with Crippen molar-refractivity contribution >= 4 is 21.4 Å². The zero-order chi connectivity index (χ0) is 18.7. The molecule has 0 saturated heterocycles. The van der Waals surface area contributed by atoms with Crippen molar-refractivity contribution in [3.8, 4) is 11.3 Å². The monoisotopic (exact) mass is 369 g/mol. The fraction of sp³-hybridized carbons (Fsp3) is 0.0556. The molecule has 0 spiro atoms. The molecule has 0 saturated carbocycles. The lowest BCUT2D eigenvalue weighted by atomic mass is 10.1. The first-order chi connectivity index (χ1) is 12.4. The molecule has 7 nitrogen and oxygen atoms in total. The van der Waals surface area contributed by atoms with Gasteiger partial charge in [-0.2, -0.15) is 0 Å². The summed E-state index contributed by atoms with van der Waals surface area (Å²) in [5, 5.41) is 10.7. The Kier molecular flexibility index (Phi) is 4.68. The van der Waals surface area contributed by atoms with Gasteiger partial charge in [0.2, 0.25) is 0 Å². The quantitative estimate of drug-likeness (QED) is 0.545. The lowest BCUT2D eigenvalue weighted by Gasteiger charge is -2.12. The van der Waals surface area contributed by atoms with E-state index >= 15 is 0 Å². The Hall–Kier alpha value is -3.26. The van der Waals surface area contributed by atoms with Gasteiger partial charge in [0.1, 0.15) is 0 Å². The number of non-ortho nitro benzene ring substituents is 1.